The Balaban J connectivity index is 2.08. The maximum atomic E-state index is 12.1. The molecule has 2 rings (SSSR count). The minimum Gasteiger partial charge on any atom is -0.394 e. The standard InChI is InChI=1S/C13H20N2O2/c1-15-9-5-6-11(15)12(17)14-13(10-16)7-3-2-4-8-13/h5-6,9,16H,2-4,7-8,10H2,1H3,(H,14,17). The molecule has 94 valence electrons. The smallest absolute Gasteiger partial charge is 0.268 e. The monoisotopic (exact) mass is 236 g/mol. The summed E-state index contributed by atoms with van der Waals surface area (Å²) in [6, 6.07) is 3.64. The second kappa shape index (κ2) is 4.92. The van der Waals surface area contributed by atoms with Crippen LogP contribution in [0.1, 0.15) is 42.6 Å². The predicted molar refractivity (Wildman–Crippen MR) is 65.8 cm³/mol. The fraction of sp³-hybridized carbons (Fsp3) is 0.615. The van der Waals surface area contributed by atoms with E-state index in [-0.39, 0.29) is 12.5 Å². The lowest BCUT2D eigenvalue weighted by molar-refractivity contribution is 0.0751. The van der Waals surface area contributed by atoms with Gasteiger partial charge in [-0.1, -0.05) is 19.3 Å². The van der Waals surface area contributed by atoms with E-state index in [1.807, 2.05) is 19.3 Å². The van der Waals surface area contributed by atoms with Gasteiger partial charge in [0.05, 0.1) is 12.1 Å². The molecule has 0 aromatic carbocycles. The van der Waals surface area contributed by atoms with Gasteiger partial charge in [0.25, 0.3) is 5.91 Å². The number of hydrogen-bond acceptors (Lipinski definition) is 2. The molecule has 0 atom stereocenters. The van der Waals surface area contributed by atoms with Gasteiger partial charge in [0, 0.05) is 13.2 Å². The summed E-state index contributed by atoms with van der Waals surface area (Å²) in [4.78, 5) is 12.1. The van der Waals surface area contributed by atoms with Crippen molar-refractivity contribution in [1.29, 1.82) is 0 Å². The number of aromatic nitrogens is 1. The number of nitrogens with one attached hydrogen (secondary N) is 1. The second-order valence-electron chi connectivity index (χ2n) is 4.96. The lowest BCUT2D eigenvalue weighted by atomic mass is 9.82. The molecule has 4 nitrogen and oxygen atoms in total. The van der Waals surface area contributed by atoms with Crippen LogP contribution in [0.15, 0.2) is 18.3 Å². The Morgan fingerprint density at radius 3 is 2.71 bits per heavy atom. The molecule has 1 aromatic rings. The number of carbonyl (C=O) groups is 1. The van der Waals surface area contributed by atoms with Crippen LogP contribution in [0, 0.1) is 0 Å². The summed E-state index contributed by atoms with van der Waals surface area (Å²) in [7, 11) is 1.85. The molecule has 0 saturated heterocycles. The van der Waals surface area contributed by atoms with Gasteiger partial charge in [0.15, 0.2) is 0 Å². The number of aliphatic hydroxyl groups is 1. The Kier molecular flexibility index (Phi) is 3.52. The molecule has 0 radical (unpaired) electrons. The molecular formula is C13H20N2O2. The number of hydrogen-bond donors (Lipinski definition) is 2. The second-order valence-corrected chi connectivity index (χ2v) is 4.96. The van der Waals surface area contributed by atoms with Crippen molar-refractivity contribution in [3.05, 3.63) is 24.0 Å². The first-order chi connectivity index (χ1) is 8.17. The van der Waals surface area contributed by atoms with Crippen LogP contribution in [-0.2, 0) is 7.05 Å². The number of nitrogens with zero attached hydrogens (tertiary/aromatic N) is 1. The molecule has 1 heterocycles. The number of aryl methyl sites for hydroxylation is 1. The van der Waals surface area contributed by atoms with Crippen LogP contribution < -0.4 is 5.32 Å². The molecule has 1 aliphatic carbocycles. The summed E-state index contributed by atoms with van der Waals surface area (Å²) in [5.41, 5.74) is 0.239. The van der Waals surface area contributed by atoms with Gasteiger partial charge in [0.2, 0.25) is 0 Å². The Hall–Kier alpha value is -1.29. The van der Waals surface area contributed by atoms with Gasteiger partial charge in [0.1, 0.15) is 5.69 Å². The number of rotatable bonds is 3. The van der Waals surface area contributed by atoms with Gasteiger partial charge >= 0.3 is 0 Å². The summed E-state index contributed by atoms with van der Waals surface area (Å²) < 4.78 is 1.79. The molecule has 0 spiro atoms. The van der Waals surface area contributed by atoms with Crippen molar-refractivity contribution in [3.8, 4) is 0 Å². The molecule has 1 saturated carbocycles. The largest absolute Gasteiger partial charge is 0.394 e. The van der Waals surface area contributed by atoms with E-state index in [1.54, 1.807) is 10.6 Å². The molecule has 0 bridgehead atoms. The van der Waals surface area contributed by atoms with E-state index < -0.39 is 5.54 Å². The quantitative estimate of drug-likeness (QED) is 0.834. The van der Waals surface area contributed by atoms with Crippen molar-refractivity contribution in [3.63, 3.8) is 0 Å². The zero-order valence-electron chi connectivity index (χ0n) is 10.3. The third kappa shape index (κ3) is 2.52. The van der Waals surface area contributed by atoms with Gasteiger partial charge in [-0.2, -0.15) is 0 Å². The lowest BCUT2D eigenvalue weighted by Gasteiger charge is -2.36. The first-order valence-corrected chi connectivity index (χ1v) is 6.22. The van der Waals surface area contributed by atoms with Crippen LogP contribution in [0.5, 0.6) is 0 Å². The van der Waals surface area contributed by atoms with Gasteiger partial charge in [-0.05, 0) is 25.0 Å². The van der Waals surface area contributed by atoms with Crippen LogP contribution in [0.3, 0.4) is 0 Å². The Morgan fingerprint density at radius 2 is 2.18 bits per heavy atom. The maximum Gasteiger partial charge on any atom is 0.268 e. The molecule has 1 aromatic heterocycles. The van der Waals surface area contributed by atoms with Crippen molar-refractivity contribution in [2.75, 3.05) is 6.61 Å². The average molecular weight is 236 g/mol. The number of amides is 1. The fourth-order valence-electron chi connectivity index (χ4n) is 2.55. The molecule has 4 heteroatoms. The molecule has 0 unspecified atom stereocenters. The van der Waals surface area contributed by atoms with Crippen molar-refractivity contribution in [1.82, 2.24) is 9.88 Å². The van der Waals surface area contributed by atoms with Crippen LogP contribution in [0.2, 0.25) is 0 Å². The summed E-state index contributed by atoms with van der Waals surface area (Å²) in [5, 5.41) is 12.6. The SMILES string of the molecule is Cn1cccc1C(=O)NC1(CO)CCCCC1. The summed E-state index contributed by atoms with van der Waals surface area (Å²) in [5.74, 6) is -0.0894. The van der Waals surface area contributed by atoms with Gasteiger partial charge in [-0.3, -0.25) is 4.79 Å². The third-order valence-corrected chi connectivity index (χ3v) is 3.67. The first-order valence-electron chi connectivity index (χ1n) is 6.22. The van der Waals surface area contributed by atoms with E-state index in [1.165, 1.54) is 6.42 Å². The molecule has 2 N–H and O–H groups in total. The minimum atomic E-state index is -0.403. The molecular weight excluding hydrogens is 216 g/mol. The van der Waals surface area contributed by atoms with Crippen molar-refractivity contribution < 1.29 is 9.90 Å². The fourth-order valence-corrected chi connectivity index (χ4v) is 2.55. The van der Waals surface area contributed by atoms with E-state index in [0.717, 1.165) is 25.7 Å². The first kappa shape index (κ1) is 12.2. The Morgan fingerprint density at radius 1 is 1.47 bits per heavy atom. The van der Waals surface area contributed by atoms with Crippen molar-refractivity contribution >= 4 is 5.91 Å². The van der Waals surface area contributed by atoms with E-state index in [2.05, 4.69) is 5.32 Å². The van der Waals surface area contributed by atoms with Gasteiger partial charge in [-0.25, -0.2) is 0 Å². The molecule has 1 amide bonds. The van der Waals surface area contributed by atoms with Crippen molar-refractivity contribution in [2.45, 2.75) is 37.6 Å². The average Bonchev–Trinajstić information content (AvgIpc) is 2.77. The zero-order valence-corrected chi connectivity index (χ0v) is 10.3. The van der Waals surface area contributed by atoms with Crippen LogP contribution >= 0.6 is 0 Å². The summed E-state index contributed by atoms with van der Waals surface area (Å²) in [6.45, 7) is 0.0309. The molecule has 17 heavy (non-hydrogen) atoms. The lowest BCUT2D eigenvalue weighted by Crippen LogP contribution is -2.52. The predicted octanol–water partition coefficient (Wildman–Crippen LogP) is 1.45. The van der Waals surface area contributed by atoms with E-state index >= 15 is 0 Å². The van der Waals surface area contributed by atoms with E-state index in [9.17, 15) is 9.90 Å². The van der Waals surface area contributed by atoms with Crippen LogP contribution in [0.25, 0.3) is 0 Å². The summed E-state index contributed by atoms with van der Waals surface area (Å²) in [6.07, 6.45) is 6.95. The number of carbonyl (C=O) groups excluding carboxylic acids is 1. The van der Waals surface area contributed by atoms with E-state index in [4.69, 9.17) is 0 Å². The van der Waals surface area contributed by atoms with Crippen LogP contribution in [0.4, 0.5) is 0 Å². The molecule has 1 aliphatic rings. The van der Waals surface area contributed by atoms with Crippen LogP contribution in [-0.4, -0.2) is 27.7 Å². The normalized spacial score (nSPS) is 18.9. The topological polar surface area (TPSA) is 54.3 Å². The third-order valence-electron chi connectivity index (χ3n) is 3.67. The van der Waals surface area contributed by atoms with Gasteiger partial charge < -0.3 is 15.0 Å². The highest BCUT2D eigenvalue weighted by Gasteiger charge is 2.33. The van der Waals surface area contributed by atoms with Gasteiger partial charge in [-0.15, -0.1) is 0 Å². The zero-order chi connectivity index (χ0) is 12.3. The summed E-state index contributed by atoms with van der Waals surface area (Å²) >= 11 is 0. The highest BCUT2D eigenvalue weighted by molar-refractivity contribution is 5.93. The minimum absolute atomic E-state index is 0.0309. The Labute approximate surface area is 102 Å². The Bertz CT molecular complexity index is 392. The maximum absolute atomic E-state index is 12.1. The van der Waals surface area contributed by atoms with Crippen molar-refractivity contribution in [2.24, 2.45) is 7.05 Å². The van der Waals surface area contributed by atoms with E-state index in [0.29, 0.717) is 5.69 Å². The highest BCUT2D eigenvalue weighted by Crippen LogP contribution is 2.28. The molecule has 0 aliphatic heterocycles. The number of aliphatic hydroxyl groups excluding tert-OH is 1. The highest BCUT2D eigenvalue weighted by atomic mass is 16.3. The molecule has 1 fully saturated rings.